The van der Waals surface area contributed by atoms with Crippen molar-refractivity contribution < 1.29 is 13.9 Å². The molecule has 128 valence electrons. The molecule has 0 spiro atoms. The molecule has 1 N–H and O–H groups in total. The number of rotatable bonds is 5. The molecule has 1 aromatic heterocycles. The van der Waals surface area contributed by atoms with E-state index in [1.807, 2.05) is 30.3 Å². The van der Waals surface area contributed by atoms with Crippen molar-refractivity contribution in [3.63, 3.8) is 0 Å². The van der Waals surface area contributed by atoms with E-state index >= 15 is 0 Å². The Balaban J connectivity index is 1.48. The standard InChI is InChI=1S/C18H17N3O3S/c1-25-16-5-3-2-4-12(16)10-17-20-21-18(24-17)19-13-6-7-14-15(11-13)23-9-8-22-14/h2-7,11H,8-10H2,1H3,(H,19,21). The number of anilines is 2. The zero-order valence-electron chi connectivity index (χ0n) is 13.7. The molecule has 0 fully saturated rings. The van der Waals surface area contributed by atoms with Gasteiger partial charge in [0.2, 0.25) is 5.89 Å². The molecule has 0 aliphatic carbocycles. The normalized spacial score (nSPS) is 12.8. The van der Waals surface area contributed by atoms with Crippen molar-refractivity contribution in [2.75, 3.05) is 24.8 Å². The number of thioether (sulfide) groups is 1. The average Bonchev–Trinajstić information content (AvgIpc) is 3.09. The van der Waals surface area contributed by atoms with Gasteiger partial charge in [-0.2, -0.15) is 0 Å². The molecule has 0 amide bonds. The van der Waals surface area contributed by atoms with Crippen LogP contribution in [0, 0.1) is 0 Å². The molecule has 0 unspecified atom stereocenters. The molecule has 0 bridgehead atoms. The van der Waals surface area contributed by atoms with Gasteiger partial charge in [0.25, 0.3) is 0 Å². The van der Waals surface area contributed by atoms with E-state index in [1.54, 1.807) is 11.8 Å². The summed E-state index contributed by atoms with van der Waals surface area (Å²) in [5.74, 6) is 2.03. The van der Waals surface area contributed by atoms with Crippen LogP contribution in [0.25, 0.3) is 0 Å². The third-order valence-electron chi connectivity index (χ3n) is 3.79. The highest BCUT2D eigenvalue weighted by molar-refractivity contribution is 7.98. The van der Waals surface area contributed by atoms with Gasteiger partial charge in [0.05, 0.1) is 6.42 Å². The fraction of sp³-hybridized carbons (Fsp3) is 0.222. The summed E-state index contributed by atoms with van der Waals surface area (Å²) in [5.41, 5.74) is 1.98. The molecule has 3 aromatic rings. The van der Waals surface area contributed by atoms with Gasteiger partial charge < -0.3 is 19.2 Å². The molecule has 6 nitrogen and oxygen atoms in total. The van der Waals surface area contributed by atoms with Gasteiger partial charge in [-0.05, 0) is 30.0 Å². The predicted molar refractivity (Wildman–Crippen MR) is 96.0 cm³/mol. The second-order valence-electron chi connectivity index (χ2n) is 5.47. The minimum Gasteiger partial charge on any atom is -0.486 e. The summed E-state index contributed by atoms with van der Waals surface area (Å²) in [6.07, 6.45) is 2.66. The Hall–Kier alpha value is -2.67. The van der Waals surface area contributed by atoms with Gasteiger partial charge in [0.1, 0.15) is 13.2 Å². The van der Waals surface area contributed by atoms with E-state index in [4.69, 9.17) is 13.9 Å². The highest BCUT2D eigenvalue weighted by Gasteiger charge is 2.14. The Bertz CT molecular complexity index is 882. The molecule has 0 radical (unpaired) electrons. The number of hydrogen-bond donors (Lipinski definition) is 1. The maximum atomic E-state index is 5.72. The van der Waals surface area contributed by atoms with Gasteiger partial charge in [-0.25, -0.2) is 0 Å². The van der Waals surface area contributed by atoms with Crippen molar-refractivity contribution in [2.45, 2.75) is 11.3 Å². The number of benzene rings is 2. The fourth-order valence-corrected chi connectivity index (χ4v) is 3.25. The lowest BCUT2D eigenvalue weighted by molar-refractivity contribution is 0.171. The third kappa shape index (κ3) is 3.56. The molecule has 0 saturated heterocycles. The van der Waals surface area contributed by atoms with E-state index in [2.05, 4.69) is 33.9 Å². The summed E-state index contributed by atoms with van der Waals surface area (Å²) in [5, 5.41) is 11.3. The smallest absolute Gasteiger partial charge is 0.320 e. The third-order valence-corrected chi connectivity index (χ3v) is 4.63. The van der Waals surface area contributed by atoms with E-state index < -0.39 is 0 Å². The number of ether oxygens (including phenoxy) is 2. The Morgan fingerprint density at radius 1 is 1.04 bits per heavy atom. The van der Waals surface area contributed by atoms with E-state index in [9.17, 15) is 0 Å². The van der Waals surface area contributed by atoms with Crippen molar-refractivity contribution in [2.24, 2.45) is 0 Å². The molecule has 1 aliphatic rings. The predicted octanol–water partition coefficient (Wildman–Crippen LogP) is 3.90. The van der Waals surface area contributed by atoms with Gasteiger partial charge in [-0.15, -0.1) is 16.9 Å². The highest BCUT2D eigenvalue weighted by Crippen LogP contribution is 2.33. The van der Waals surface area contributed by atoms with Gasteiger partial charge >= 0.3 is 6.01 Å². The summed E-state index contributed by atoms with van der Waals surface area (Å²) < 4.78 is 16.8. The molecular formula is C18H17N3O3S. The Labute approximate surface area is 149 Å². The molecule has 0 saturated carbocycles. The first kappa shape index (κ1) is 15.8. The Morgan fingerprint density at radius 2 is 1.88 bits per heavy atom. The van der Waals surface area contributed by atoms with E-state index in [-0.39, 0.29) is 0 Å². The van der Waals surface area contributed by atoms with Crippen LogP contribution in [0.4, 0.5) is 11.7 Å². The largest absolute Gasteiger partial charge is 0.486 e. The summed E-state index contributed by atoms with van der Waals surface area (Å²) in [4.78, 5) is 1.21. The van der Waals surface area contributed by atoms with Crippen molar-refractivity contribution in [3.8, 4) is 11.5 Å². The summed E-state index contributed by atoms with van der Waals surface area (Å²) in [6.45, 7) is 1.13. The van der Waals surface area contributed by atoms with E-state index in [1.165, 1.54) is 10.5 Å². The molecule has 0 atom stereocenters. The topological polar surface area (TPSA) is 69.4 Å². The first-order valence-corrected chi connectivity index (χ1v) is 9.15. The second kappa shape index (κ2) is 7.06. The molecule has 2 heterocycles. The van der Waals surface area contributed by atoms with Crippen LogP contribution in [0.3, 0.4) is 0 Å². The number of nitrogens with zero attached hydrogens (tertiary/aromatic N) is 2. The molecule has 1 aliphatic heterocycles. The van der Waals surface area contributed by atoms with E-state index in [0.717, 1.165) is 11.4 Å². The Morgan fingerprint density at radius 3 is 2.76 bits per heavy atom. The van der Waals surface area contributed by atoms with Crippen LogP contribution in [0.5, 0.6) is 11.5 Å². The average molecular weight is 355 g/mol. The lowest BCUT2D eigenvalue weighted by Crippen LogP contribution is -2.15. The first-order valence-electron chi connectivity index (χ1n) is 7.93. The highest BCUT2D eigenvalue weighted by atomic mass is 32.2. The van der Waals surface area contributed by atoms with Crippen LogP contribution in [0.2, 0.25) is 0 Å². The van der Waals surface area contributed by atoms with Gasteiger partial charge in [0.15, 0.2) is 11.5 Å². The number of nitrogens with one attached hydrogen (secondary N) is 1. The number of aromatic nitrogens is 2. The van der Waals surface area contributed by atoms with Crippen molar-refractivity contribution in [3.05, 3.63) is 53.9 Å². The van der Waals surface area contributed by atoms with Gasteiger partial charge in [-0.1, -0.05) is 23.3 Å². The lowest BCUT2D eigenvalue weighted by Gasteiger charge is -2.18. The minimum absolute atomic E-state index is 0.355. The molecule has 7 heteroatoms. The summed E-state index contributed by atoms with van der Waals surface area (Å²) >= 11 is 1.71. The van der Waals surface area contributed by atoms with Crippen LogP contribution in [-0.2, 0) is 6.42 Å². The molecular weight excluding hydrogens is 338 g/mol. The molecule has 2 aromatic carbocycles. The molecule has 25 heavy (non-hydrogen) atoms. The van der Waals surface area contributed by atoms with Crippen LogP contribution in [-0.4, -0.2) is 29.7 Å². The van der Waals surface area contributed by atoms with Crippen LogP contribution in [0.1, 0.15) is 11.5 Å². The maximum Gasteiger partial charge on any atom is 0.320 e. The number of fused-ring (bicyclic) bond motifs is 1. The molecule has 4 rings (SSSR count). The second-order valence-corrected chi connectivity index (χ2v) is 6.32. The quantitative estimate of drug-likeness (QED) is 0.696. The van der Waals surface area contributed by atoms with Crippen LogP contribution >= 0.6 is 11.8 Å². The van der Waals surface area contributed by atoms with Gasteiger partial charge in [0, 0.05) is 16.6 Å². The monoisotopic (exact) mass is 355 g/mol. The fourth-order valence-electron chi connectivity index (χ4n) is 2.63. The van der Waals surface area contributed by atoms with Crippen molar-refractivity contribution in [1.82, 2.24) is 10.2 Å². The first-order chi connectivity index (χ1) is 12.3. The van der Waals surface area contributed by atoms with E-state index in [0.29, 0.717) is 37.3 Å². The van der Waals surface area contributed by atoms with Gasteiger partial charge in [-0.3, -0.25) is 0 Å². The number of hydrogen-bond acceptors (Lipinski definition) is 7. The van der Waals surface area contributed by atoms with Crippen molar-refractivity contribution in [1.29, 1.82) is 0 Å². The Kier molecular flexibility index (Phi) is 4.47. The summed E-state index contributed by atoms with van der Waals surface area (Å²) in [6, 6.07) is 14.2. The van der Waals surface area contributed by atoms with Crippen molar-refractivity contribution >= 4 is 23.5 Å². The maximum absolute atomic E-state index is 5.72. The van der Waals surface area contributed by atoms with Crippen LogP contribution < -0.4 is 14.8 Å². The van der Waals surface area contributed by atoms with Crippen LogP contribution in [0.15, 0.2) is 51.8 Å². The summed E-state index contributed by atoms with van der Waals surface area (Å²) in [7, 11) is 0. The minimum atomic E-state index is 0.355. The zero-order chi connectivity index (χ0) is 17.1. The SMILES string of the molecule is CSc1ccccc1Cc1nnc(Nc2ccc3c(c2)OCCO3)o1. The zero-order valence-corrected chi connectivity index (χ0v) is 14.5. The lowest BCUT2D eigenvalue weighted by atomic mass is 10.1.